The second kappa shape index (κ2) is 6.09. The summed E-state index contributed by atoms with van der Waals surface area (Å²) in [5.41, 5.74) is 3.28. The third-order valence-electron chi connectivity index (χ3n) is 3.74. The van der Waals surface area contributed by atoms with Crippen molar-refractivity contribution in [2.45, 2.75) is 18.1 Å². The Hall–Kier alpha value is -2.67. The second-order valence-electron chi connectivity index (χ2n) is 5.49. The predicted octanol–water partition coefficient (Wildman–Crippen LogP) is 2.71. The van der Waals surface area contributed by atoms with E-state index in [4.69, 9.17) is 4.42 Å². The molecule has 0 radical (unpaired) electrons. The molecule has 1 N–H and O–H groups in total. The minimum Gasteiger partial charge on any atom is -0.440 e. The lowest BCUT2D eigenvalue weighted by molar-refractivity contribution is -0.118. The summed E-state index contributed by atoms with van der Waals surface area (Å²) < 4.78 is 5.75. The lowest BCUT2D eigenvalue weighted by Crippen LogP contribution is -2.25. The van der Waals surface area contributed by atoms with Crippen LogP contribution in [0.25, 0.3) is 11.1 Å². The summed E-state index contributed by atoms with van der Waals surface area (Å²) in [5, 5.41) is 1.63. The number of carbonyl (C=O) groups excluding carboxylic acids is 2. The first-order valence-corrected chi connectivity index (χ1v) is 8.35. The molecule has 2 aromatic heterocycles. The molecule has 6 nitrogen and oxygen atoms in total. The average molecular weight is 339 g/mol. The van der Waals surface area contributed by atoms with E-state index in [1.165, 1.54) is 0 Å². The Bertz CT molecular complexity index is 923. The van der Waals surface area contributed by atoms with Gasteiger partial charge in [0, 0.05) is 11.9 Å². The van der Waals surface area contributed by atoms with Gasteiger partial charge in [-0.25, -0.2) is 4.98 Å². The molecule has 3 heterocycles. The van der Waals surface area contributed by atoms with Gasteiger partial charge in [-0.1, -0.05) is 23.9 Å². The number of amides is 2. The summed E-state index contributed by atoms with van der Waals surface area (Å²) in [6, 6.07) is 11.4. The number of hydrogen-bond donors (Lipinski definition) is 1. The van der Waals surface area contributed by atoms with Gasteiger partial charge < -0.3 is 4.42 Å². The maximum atomic E-state index is 11.7. The molecule has 3 aromatic rings. The van der Waals surface area contributed by atoms with Gasteiger partial charge in [-0.3, -0.25) is 19.9 Å². The molecule has 120 valence electrons. The Balaban J connectivity index is 1.55. The van der Waals surface area contributed by atoms with Crippen LogP contribution in [0.3, 0.4) is 0 Å². The smallest absolute Gasteiger partial charge is 0.286 e. The molecule has 1 aliphatic rings. The van der Waals surface area contributed by atoms with Gasteiger partial charge in [0.15, 0.2) is 5.58 Å². The number of rotatable bonds is 4. The minimum atomic E-state index is -0.380. The third kappa shape index (κ3) is 3.03. The summed E-state index contributed by atoms with van der Waals surface area (Å²) in [6.45, 7) is 0. The van der Waals surface area contributed by atoms with Crippen LogP contribution in [0.15, 0.2) is 47.0 Å². The first-order chi connectivity index (χ1) is 11.7. The lowest BCUT2D eigenvalue weighted by Gasteiger charge is -2.04. The van der Waals surface area contributed by atoms with Crippen LogP contribution < -0.4 is 5.32 Å². The first kappa shape index (κ1) is 14.9. The summed E-state index contributed by atoms with van der Waals surface area (Å²) in [5.74, 6) is 0.366. The highest BCUT2D eigenvalue weighted by Gasteiger charge is 2.31. The van der Waals surface area contributed by atoms with Gasteiger partial charge in [0.1, 0.15) is 5.52 Å². The molecule has 0 saturated carbocycles. The van der Waals surface area contributed by atoms with Crippen LogP contribution in [0.4, 0.5) is 4.79 Å². The van der Waals surface area contributed by atoms with Gasteiger partial charge in [0.05, 0.1) is 11.7 Å². The molecule has 0 aliphatic carbocycles. The molecule has 1 aromatic carbocycles. The van der Waals surface area contributed by atoms with E-state index in [2.05, 4.69) is 15.3 Å². The number of nitrogens with zero attached hydrogens (tertiary/aromatic N) is 2. The molecule has 2 amide bonds. The fourth-order valence-corrected chi connectivity index (χ4v) is 3.48. The zero-order valence-corrected chi connectivity index (χ0v) is 13.4. The largest absolute Gasteiger partial charge is 0.440 e. The number of benzene rings is 1. The van der Waals surface area contributed by atoms with Crippen molar-refractivity contribution in [3.63, 3.8) is 0 Å². The predicted molar refractivity (Wildman–Crippen MR) is 89.7 cm³/mol. The van der Waals surface area contributed by atoms with E-state index in [1.807, 2.05) is 36.4 Å². The monoisotopic (exact) mass is 339 g/mol. The van der Waals surface area contributed by atoms with E-state index in [-0.39, 0.29) is 16.4 Å². The summed E-state index contributed by atoms with van der Waals surface area (Å²) in [7, 11) is 0. The van der Waals surface area contributed by atoms with Crippen LogP contribution in [-0.2, 0) is 17.6 Å². The van der Waals surface area contributed by atoms with E-state index in [0.717, 1.165) is 28.5 Å². The Morgan fingerprint density at radius 1 is 1.21 bits per heavy atom. The zero-order chi connectivity index (χ0) is 16.5. The van der Waals surface area contributed by atoms with E-state index in [1.54, 1.807) is 6.20 Å². The molecule has 24 heavy (non-hydrogen) atoms. The molecule has 0 spiro atoms. The number of imide groups is 1. The average Bonchev–Trinajstić information content (AvgIpc) is 3.10. The maximum absolute atomic E-state index is 11.7. The van der Waals surface area contributed by atoms with Crippen molar-refractivity contribution in [2.75, 3.05) is 0 Å². The van der Waals surface area contributed by atoms with Crippen molar-refractivity contribution < 1.29 is 14.0 Å². The Morgan fingerprint density at radius 3 is 2.88 bits per heavy atom. The zero-order valence-electron chi connectivity index (χ0n) is 12.6. The van der Waals surface area contributed by atoms with Crippen molar-refractivity contribution in [1.29, 1.82) is 0 Å². The molecule has 1 saturated heterocycles. The Morgan fingerprint density at radius 2 is 2.12 bits per heavy atom. The van der Waals surface area contributed by atoms with Crippen molar-refractivity contribution >= 4 is 34.0 Å². The fraction of sp³-hybridized carbons (Fsp3) is 0.176. The molecule has 1 unspecified atom stereocenters. The molecule has 1 fully saturated rings. The van der Waals surface area contributed by atoms with Gasteiger partial charge in [-0.05, 0) is 36.2 Å². The second-order valence-corrected chi connectivity index (χ2v) is 6.67. The third-order valence-corrected chi connectivity index (χ3v) is 4.72. The number of aromatic nitrogens is 2. The number of carbonyl (C=O) groups is 2. The van der Waals surface area contributed by atoms with E-state index in [0.29, 0.717) is 24.3 Å². The molecule has 0 bridgehead atoms. The molecular formula is C17H13N3O3S. The summed E-state index contributed by atoms with van der Waals surface area (Å²) in [6.07, 6.45) is 2.75. The van der Waals surface area contributed by atoms with E-state index >= 15 is 0 Å². The fourth-order valence-electron chi connectivity index (χ4n) is 2.62. The number of pyridine rings is 1. The number of fused-ring (bicyclic) bond motifs is 1. The van der Waals surface area contributed by atoms with Crippen molar-refractivity contribution in [2.24, 2.45) is 0 Å². The minimum absolute atomic E-state index is 0.235. The van der Waals surface area contributed by atoms with E-state index < -0.39 is 0 Å². The molecular weight excluding hydrogens is 326 g/mol. The molecule has 4 rings (SSSR count). The standard InChI is InChI=1S/C17H13N3O3S/c21-16-14(24-17(22)20-16)8-10-4-5-13-12(7-10)19-15(23-13)9-11-3-1-2-6-18-11/h1-7,14H,8-9H2,(H,20,21,22). The normalized spacial score (nSPS) is 17.4. The van der Waals surface area contributed by atoms with Crippen LogP contribution in [0, 0.1) is 0 Å². The van der Waals surface area contributed by atoms with Gasteiger partial charge in [0.2, 0.25) is 11.8 Å². The van der Waals surface area contributed by atoms with Crippen LogP contribution in [-0.4, -0.2) is 26.4 Å². The highest BCUT2D eigenvalue weighted by atomic mass is 32.2. The van der Waals surface area contributed by atoms with Crippen molar-refractivity contribution in [1.82, 2.24) is 15.3 Å². The topological polar surface area (TPSA) is 85.1 Å². The van der Waals surface area contributed by atoms with Gasteiger partial charge >= 0.3 is 0 Å². The van der Waals surface area contributed by atoms with Gasteiger partial charge in [-0.15, -0.1) is 0 Å². The molecule has 1 aliphatic heterocycles. The lowest BCUT2D eigenvalue weighted by atomic mass is 10.1. The van der Waals surface area contributed by atoms with Crippen molar-refractivity contribution in [3.8, 4) is 0 Å². The first-order valence-electron chi connectivity index (χ1n) is 7.47. The molecule has 1 atom stereocenters. The molecule has 7 heteroatoms. The van der Waals surface area contributed by atoms with E-state index in [9.17, 15) is 9.59 Å². The van der Waals surface area contributed by atoms with Gasteiger partial charge in [0.25, 0.3) is 5.24 Å². The number of nitrogens with one attached hydrogen (secondary N) is 1. The van der Waals surface area contributed by atoms with Gasteiger partial charge in [-0.2, -0.15) is 0 Å². The van der Waals surface area contributed by atoms with Crippen LogP contribution in [0.1, 0.15) is 17.1 Å². The Labute approximate surface area is 141 Å². The Kier molecular flexibility index (Phi) is 3.78. The summed E-state index contributed by atoms with van der Waals surface area (Å²) >= 11 is 1.03. The highest BCUT2D eigenvalue weighted by Crippen LogP contribution is 2.25. The number of oxazole rings is 1. The van der Waals surface area contributed by atoms with Crippen molar-refractivity contribution in [3.05, 3.63) is 59.7 Å². The SMILES string of the molecule is O=C1NC(=O)C(Cc2ccc3oc(Cc4ccccn4)nc3c2)S1. The number of thioether (sulfide) groups is 1. The van der Waals surface area contributed by atoms with Crippen LogP contribution in [0.5, 0.6) is 0 Å². The number of hydrogen-bond acceptors (Lipinski definition) is 6. The van der Waals surface area contributed by atoms with Crippen LogP contribution in [0.2, 0.25) is 0 Å². The highest BCUT2D eigenvalue weighted by molar-refractivity contribution is 8.15. The summed E-state index contributed by atoms with van der Waals surface area (Å²) in [4.78, 5) is 31.7. The quantitative estimate of drug-likeness (QED) is 0.787. The maximum Gasteiger partial charge on any atom is 0.286 e. The van der Waals surface area contributed by atoms with Crippen LogP contribution >= 0.6 is 11.8 Å².